The van der Waals surface area contributed by atoms with Gasteiger partial charge in [0.2, 0.25) is 0 Å². The molecule has 2 atom stereocenters. The molecule has 0 saturated carbocycles. The van der Waals surface area contributed by atoms with Crippen LogP contribution in [0.1, 0.15) is 39.1 Å². The van der Waals surface area contributed by atoms with E-state index in [0.717, 1.165) is 30.9 Å². The lowest BCUT2D eigenvalue weighted by molar-refractivity contribution is 0.0636. The zero-order valence-electron chi connectivity index (χ0n) is 13.5. The van der Waals surface area contributed by atoms with Gasteiger partial charge < -0.3 is 10.7 Å². The summed E-state index contributed by atoms with van der Waals surface area (Å²) < 4.78 is 0. The first-order chi connectivity index (χ1) is 10.4. The Bertz CT molecular complexity index is 737. The molecule has 0 amide bonds. The van der Waals surface area contributed by atoms with Crippen LogP contribution in [0.3, 0.4) is 0 Å². The number of rotatable bonds is 2. The molecule has 3 N–H and O–H groups in total. The van der Waals surface area contributed by atoms with Crippen LogP contribution in [0, 0.1) is 5.41 Å². The van der Waals surface area contributed by atoms with Gasteiger partial charge in [0, 0.05) is 19.1 Å². The molecule has 1 aliphatic rings. The van der Waals surface area contributed by atoms with Gasteiger partial charge in [-0.3, -0.25) is 9.69 Å². The zero-order valence-corrected chi connectivity index (χ0v) is 13.5. The number of para-hydroxylation sites is 1. The van der Waals surface area contributed by atoms with Gasteiger partial charge in [0.25, 0.3) is 5.56 Å². The van der Waals surface area contributed by atoms with E-state index >= 15 is 0 Å². The Hall–Kier alpha value is -1.72. The molecular formula is C17H24N4O. The second-order valence-corrected chi connectivity index (χ2v) is 7.00. The molecule has 118 valence electrons. The fraction of sp³-hybridized carbons (Fsp3) is 0.529. The molecule has 22 heavy (non-hydrogen) atoms. The lowest BCUT2D eigenvalue weighted by Crippen LogP contribution is -2.53. The van der Waals surface area contributed by atoms with E-state index in [-0.39, 0.29) is 23.1 Å². The summed E-state index contributed by atoms with van der Waals surface area (Å²) in [5.74, 6) is 0.731. The average Bonchev–Trinajstić information content (AvgIpc) is 2.49. The summed E-state index contributed by atoms with van der Waals surface area (Å²) in [6.07, 6.45) is 0.967. The third kappa shape index (κ3) is 2.66. The van der Waals surface area contributed by atoms with Crippen LogP contribution < -0.4 is 11.3 Å². The van der Waals surface area contributed by atoms with Gasteiger partial charge in [-0.2, -0.15) is 0 Å². The smallest absolute Gasteiger partial charge is 0.258 e. The third-order valence-corrected chi connectivity index (χ3v) is 4.92. The van der Waals surface area contributed by atoms with Crippen molar-refractivity contribution in [3.05, 3.63) is 40.4 Å². The first-order valence-electron chi connectivity index (χ1n) is 7.87. The Morgan fingerprint density at radius 1 is 1.41 bits per heavy atom. The summed E-state index contributed by atoms with van der Waals surface area (Å²) >= 11 is 0. The van der Waals surface area contributed by atoms with Crippen LogP contribution >= 0.6 is 0 Å². The molecule has 3 rings (SSSR count). The highest BCUT2D eigenvalue weighted by molar-refractivity contribution is 5.77. The Morgan fingerprint density at radius 2 is 2.14 bits per heavy atom. The molecule has 5 nitrogen and oxygen atoms in total. The van der Waals surface area contributed by atoms with Crippen molar-refractivity contribution in [2.75, 3.05) is 13.1 Å². The minimum Gasteiger partial charge on any atom is -0.327 e. The summed E-state index contributed by atoms with van der Waals surface area (Å²) in [5, 5.41) is 0.638. The topological polar surface area (TPSA) is 75.0 Å². The Kier molecular flexibility index (Phi) is 3.78. The molecule has 1 aliphatic heterocycles. The van der Waals surface area contributed by atoms with E-state index in [2.05, 4.69) is 35.6 Å². The van der Waals surface area contributed by atoms with Crippen molar-refractivity contribution in [2.24, 2.45) is 11.1 Å². The number of fused-ring (bicyclic) bond motifs is 1. The maximum atomic E-state index is 12.2. The minimum absolute atomic E-state index is 0.0691. The fourth-order valence-electron chi connectivity index (χ4n) is 3.22. The molecule has 1 aromatic heterocycles. The van der Waals surface area contributed by atoms with Crippen LogP contribution in [0.2, 0.25) is 0 Å². The predicted octanol–water partition coefficient (Wildman–Crippen LogP) is 2.04. The van der Waals surface area contributed by atoms with Crippen molar-refractivity contribution in [1.82, 2.24) is 14.9 Å². The van der Waals surface area contributed by atoms with E-state index < -0.39 is 0 Å². The summed E-state index contributed by atoms with van der Waals surface area (Å²) in [6, 6.07) is 7.75. The predicted molar refractivity (Wildman–Crippen MR) is 88.7 cm³/mol. The van der Waals surface area contributed by atoms with Crippen LogP contribution in [0.4, 0.5) is 0 Å². The Labute approximate surface area is 130 Å². The summed E-state index contributed by atoms with van der Waals surface area (Å²) in [4.78, 5) is 22.2. The van der Waals surface area contributed by atoms with Gasteiger partial charge in [-0.05, 0) is 30.9 Å². The second kappa shape index (κ2) is 5.48. The molecule has 5 heteroatoms. The van der Waals surface area contributed by atoms with E-state index in [1.54, 1.807) is 6.07 Å². The normalized spacial score (nSPS) is 23.5. The van der Waals surface area contributed by atoms with Crippen LogP contribution in [-0.2, 0) is 0 Å². The van der Waals surface area contributed by atoms with Crippen molar-refractivity contribution >= 4 is 10.9 Å². The van der Waals surface area contributed by atoms with Crippen molar-refractivity contribution in [2.45, 2.75) is 39.3 Å². The molecule has 1 aromatic carbocycles. The summed E-state index contributed by atoms with van der Waals surface area (Å²) in [6.45, 7) is 8.34. The van der Waals surface area contributed by atoms with E-state index in [9.17, 15) is 4.79 Å². The van der Waals surface area contributed by atoms with Crippen molar-refractivity contribution in [3.8, 4) is 0 Å². The summed E-state index contributed by atoms with van der Waals surface area (Å²) in [7, 11) is 0. The number of nitrogens with one attached hydrogen (secondary N) is 1. The van der Waals surface area contributed by atoms with Crippen LogP contribution in [0.25, 0.3) is 10.9 Å². The van der Waals surface area contributed by atoms with Crippen molar-refractivity contribution < 1.29 is 0 Å². The number of H-pyrrole nitrogens is 1. The lowest BCUT2D eigenvalue weighted by atomic mass is 9.79. The lowest BCUT2D eigenvalue weighted by Gasteiger charge is -2.44. The van der Waals surface area contributed by atoms with E-state index in [1.165, 1.54) is 0 Å². The molecular weight excluding hydrogens is 276 g/mol. The quantitative estimate of drug-likeness (QED) is 0.890. The first-order valence-corrected chi connectivity index (χ1v) is 7.87. The number of nitrogens with two attached hydrogens (primary N) is 1. The van der Waals surface area contributed by atoms with Gasteiger partial charge in [-0.15, -0.1) is 0 Å². The average molecular weight is 300 g/mol. The molecule has 2 unspecified atom stereocenters. The molecule has 0 aliphatic carbocycles. The van der Waals surface area contributed by atoms with Gasteiger partial charge in [-0.1, -0.05) is 26.0 Å². The molecule has 1 saturated heterocycles. The van der Waals surface area contributed by atoms with Gasteiger partial charge in [-0.25, -0.2) is 4.98 Å². The van der Waals surface area contributed by atoms with Crippen molar-refractivity contribution in [1.29, 1.82) is 0 Å². The molecule has 0 bridgehead atoms. The number of benzene rings is 1. The molecule has 0 spiro atoms. The highest BCUT2D eigenvalue weighted by Gasteiger charge is 2.35. The fourth-order valence-corrected chi connectivity index (χ4v) is 3.22. The number of hydrogen-bond donors (Lipinski definition) is 2. The number of hydrogen-bond acceptors (Lipinski definition) is 4. The van der Waals surface area contributed by atoms with Crippen molar-refractivity contribution in [3.63, 3.8) is 0 Å². The number of aromatic amines is 1. The molecule has 2 aromatic rings. The number of aromatic nitrogens is 2. The highest BCUT2D eigenvalue weighted by Crippen LogP contribution is 2.32. The monoisotopic (exact) mass is 300 g/mol. The second-order valence-electron chi connectivity index (χ2n) is 7.00. The first kappa shape index (κ1) is 15.2. The van der Waals surface area contributed by atoms with E-state index in [1.807, 2.05) is 18.2 Å². The number of nitrogens with zero attached hydrogens (tertiary/aromatic N) is 2. The Balaban J connectivity index is 1.92. The van der Waals surface area contributed by atoms with Gasteiger partial charge in [0.1, 0.15) is 5.82 Å². The van der Waals surface area contributed by atoms with E-state index in [0.29, 0.717) is 5.39 Å². The molecule has 2 heterocycles. The number of piperidine rings is 1. The third-order valence-electron chi connectivity index (χ3n) is 4.92. The Morgan fingerprint density at radius 3 is 2.86 bits per heavy atom. The maximum absolute atomic E-state index is 12.2. The zero-order chi connectivity index (χ0) is 15.9. The largest absolute Gasteiger partial charge is 0.327 e. The van der Waals surface area contributed by atoms with Gasteiger partial charge >= 0.3 is 0 Å². The number of likely N-dealkylation sites (tertiary alicyclic amines) is 1. The SMILES string of the molecule is CC(c1nc2ccccc2c(=O)[nH]1)N1CCC(N)C(C)(C)C1. The van der Waals surface area contributed by atoms with Crippen LogP contribution in [-0.4, -0.2) is 34.0 Å². The van der Waals surface area contributed by atoms with Gasteiger partial charge in [0.05, 0.1) is 16.9 Å². The standard InChI is InChI=1S/C17H24N4O/c1-11(21-9-8-14(18)17(2,3)10-21)15-19-13-7-5-4-6-12(13)16(22)20-15/h4-7,11,14H,8-10,18H2,1-3H3,(H,19,20,22). The highest BCUT2D eigenvalue weighted by atomic mass is 16.1. The molecule has 0 radical (unpaired) electrons. The van der Waals surface area contributed by atoms with Gasteiger partial charge in [0.15, 0.2) is 0 Å². The maximum Gasteiger partial charge on any atom is 0.258 e. The molecule has 1 fully saturated rings. The van der Waals surface area contributed by atoms with E-state index in [4.69, 9.17) is 5.73 Å². The van der Waals surface area contributed by atoms with Crippen LogP contribution in [0.15, 0.2) is 29.1 Å². The summed E-state index contributed by atoms with van der Waals surface area (Å²) in [5.41, 5.74) is 6.97. The van der Waals surface area contributed by atoms with Crippen LogP contribution in [0.5, 0.6) is 0 Å². The minimum atomic E-state index is -0.0691.